The van der Waals surface area contributed by atoms with Gasteiger partial charge in [-0.05, 0) is 30.2 Å². The molecule has 3 rings (SSSR count). The number of halogens is 1. The molecule has 0 N–H and O–H groups in total. The molecule has 4 heteroatoms. The first kappa shape index (κ1) is 16.0. The summed E-state index contributed by atoms with van der Waals surface area (Å²) >= 11 is 5.93. The van der Waals surface area contributed by atoms with Gasteiger partial charge in [0.05, 0.1) is 6.21 Å². The Morgan fingerprint density at radius 3 is 2.48 bits per heavy atom. The lowest BCUT2D eigenvalue weighted by Gasteiger charge is -2.33. The Morgan fingerprint density at radius 2 is 1.78 bits per heavy atom. The Kier molecular flexibility index (Phi) is 5.31. The predicted octanol–water partition coefficient (Wildman–Crippen LogP) is 3.80. The van der Waals surface area contributed by atoms with Crippen LogP contribution in [0.25, 0.3) is 0 Å². The van der Waals surface area contributed by atoms with Crippen LogP contribution in [0.1, 0.15) is 16.7 Å². The zero-order chi connectivity index (χ0) is 16.1. The van der Waals surface area contributed by atoms with E-state index in [9.17, 15) is 0 Å². The van der Waals surface area contributed by atoms with Gasteiger partial charge in [0, 0.05) is 37.7 Å². The number of aryl methyl sites for hydroxylation is 1. The molecule has 2 aromatic carbocycles. The van der Waals surface area contributed by atoms with Gasteiger partial charge in [-0.15, -0.1) is 0 Å². The molecule has 0 aliphatic carbocycles. The van der Waals surface area contributed by atoms with Crippen molar-refractivity contribution in [2.75, 3.05) is 26.2 Å². The third kappa shape index (κ3) is 4.81. The highest BCUT2D eigenvalue weighted by molar-refractivity contribution is 6.30. The third-order valence-corrected chi connectivity index (χ3v) is 4.33. The zero-order valence-electron chi connectivity index (χ0n) is 13.5. The van der Waals surface area contributed by atoms with Crippen LogP contribution in [-0.2, 0) is 6.54 Å². The lowest BCUT2D eigenvalue weighted by atomic mass is 10.2. The Hall–Kier alpha value is -1.84. The highest BCUT2D eigenvalue weighted by atomic mass is 35.5. The van der Waals surface area contributed by atoms with E-state index in [-0.39, 0.29) is 0 Å². The van der Waals surface area contributed by atoms with Gasteiger partial charge in [-0.25, -0.2) is 0 Å². The number of hydrogen-bond donors (Lipinski definition) is 0. The van der Waals surface area contributed by atoms with Crippen LogP contribution in [-0.4, -0.2) is 42.3 Å². The van der Waals surface area contributed by atoms with E-state index < -0.39 is 0 Å². The molecule has 120 valence electrons. The molecule has 0 saturated carbocycles. The van der Waals surface area contributed by atoms with Crippen LogP contribution < -0.4 is 0 Å². The lowest BCUT2D eigenvalue weighted by Crippen LogP contribution is -2.43. The summed E-state index contributed by atoms with van der Waals surface area (Å²) in [5.74, 6) is 0. The largest absolute Gasteiger partial charge is 0.295 e. The molecule has 1 fully saturated rings. The van der Waals surface area contributed by atoms with Crippen molar-refractivity contribution in [2.24, 2.45) is 5.10 Å². The summed E-state index contributed by atoms with van der Waals surface area (Å²) < 4.78 is 0. The first-order chi connectivity index (χ1) is 11.2. The summed E-state index contributed by atoms with van der Waals surface area (Å²) in [6, 6.07) is 16.5. The van der Waals surface area contributed by atoms with Crippen LogP contribution in [0.4, 0.5) is 0 Å². The van der Waals surface area contributed by atoms with Gasteiger partial charge < -0.3 is 0 Å². The molecule has 0 radical (unpaired) electrons. The molecule has 1 aliphatic heterocycles. The summed E-state index contributed by atoms with van der Waals surface area (Å²) in [4.78, 5) is 2.46. The van der Waals surface area contributed by atoms with Crippen LogP contribution in [0.15, 0.2) is 53.6 Å². The smallest absolute Gasteiger partial charge is 0.0543 e. The second-order valence-electron chi connectivity index (χ2n) is 6.01. The van der Waals surface area contributed by atoms with Gasteiger partial charge in [0.25, 0.3) is 0 Å². The van der Waals surface area contributed by atoms with Crippen molar-refractivity contribution >= 4 is 17.8 Å². The van der Waals surface area contributed by atoms with Crippen LogP contribution in [0.2, 0.25) is 5.02 Å². The van der Waals surface area contributed by atoms with Crippen LogP contribution in [0, 0.1) is 6.92 Å². The van der Waals surface area contributed by atoms with Crippen LogP contribution >= 0.6 is 11.6 Å². The minimum absolute atomic E-state index is 0.795. The number of hydrogen-bond acceptors (Lipinski definition) is 3. The van der Waals surface area contributed by atoms with Gasteiger partial charge in [0.2, 0.25) is 0 Å². The van der Waals surface area contributed by atoms with E-state index in [1.165, 1.54) is 11.1 Å². The fraction of sp³-hybridized carbons (Fsp3) is 0.316. The van der Waals surface area contributed by atoms with Crippen molar-refractivity contribution in [1.82, 2.24) is 9.91 Å². The molecule has 0 amide bonds. The zero-order valence-corrected chi connectivity index (χ0v) is 14.2. The average molecular weight is 328 g/mol. The van der Waals surface area contributed by atoms with Gasteiger partial charge in [0.1, 0.15) is 0 Å². The number of piperazine rings is 1. The molecule has 23 heavy (non-hydrogen) atoms. The van der Waals surface area contributed by atoms with Crippen LogP contribution in [0.3, 0.4) is 0 Å². The van der Waals surface area contributed by atoms with Crippen molar-refractivity contribution in [3.8, 4) is 0 Å². The molecular weight excluding hydrogens is 306 g/mol. The molecule has 0 atom stereocenters. The number of hydrazone groups is 1. The van der Waals surface area contributed by atoms with E-state index in [4.69, 9.17) is 11.6 Å². The quantitative estimate of drug-likeness (QED) is 0.795. The normalized spacial score (nSPS) is 16.2. The average Bonchev–Trinajstić information content (AvgIpc) is 2.56. The van der Waals surface area contributed by atoms with E-state index in [0.29, 0.717) is 0 Å². The second kappa shape index (κ2) is 7.62. The molecule has 3 nitrogen and oxygen atoms in total. The minimum Gasteiger partial charge on any atom is -0.295 e. The van der Waals surface area contributed by atoms with Crippen molar-refractivity contribution in [2.45, 2.75) is 13.5 Å². The standard InChI is InChI=1S/C19H22ClN3/c1-16-3-2-4-18(13-16)14-21-23-11-9-22(10-12-23)15-17-5-7-19(20)8-6-17/h2-8,13-14H,9-12,15H2,1H3/b21-14-. The number of nitrogens with zero attached hydrogens (tertiary/aromatic N) is 3. The Morgan fingerprint density at radius 1 is 1.04 bits per heavy atom. The maximum Gasteiger partial charge on any atom is 0.0543 e. The van der Waals surface area contributed by atoms with Crippen molar-refractivity contribution in [1.29, 1.82) is 0 Å². The molecule has 2 aromatic rings. The summed E-state index contributed by atoms with van der Waals surface area (Å²) in [5, 5.41) is 7.56. The summed E-state index contributed by atoms with van der Waals surface area (Å²) in [6.45, 7) is 7.09. The molecule has 1 heterocycles. The predicted molar refractivity (Wildman–Crippen MR) is 97.1 cm³/mol. The molecular formula is C19H22ClN3. The van der Waals surface area contributed by atoms with Gasteiger partial charge in [-0.3, -0.25) is 9.91 Å². The van der Waals surface area contributed by atoms with E-state index in [1.807, 2.05) is 18.3 Å². The molecule has 0 unspecified atom stereocenters. The van der Waals surface area contributed by atoms with Gasteiger partial charge in [-0.1, -0.05) is 53.6 Å². The molecule has 0 spiro atoms. The monoisotopic (exact) mass is 327 g/mol. The third-order valence-electron chi connectivity index (χ3n) is 4.08. The molecule has 0 bridgehead atoms. The Labute approximate surface area is 143 Å². The lowest BCUT2D eigenvalue weighted by molar-refractivity contribution is 0.131. The summed E-state index contributed by atoms with van der Waals surface area (Å²) in [6.07, 6.45) is 1.96. The first-order valence-corrected chi connectivity index (χ1v) is 8.39. The van der Waals surface area contributed by atoms with E-state index in [1.54, 1.807) is 0 Å². The fourth-order valence-corrected chi connectivity index (χ4v) is 2.88. The molecule has 1 aliphatic rings. The van der Waals surface area contributed by atoms with Gasteiger partial charge in [0.15, 0.2) is 0 Å². The maximum absolute atomic E-state index is 5.93. The van der Waals surface area contributed by atoms with E-state index in [2.05, 4.69) is 58.3 Å². The van der Waals surface area contributed by atoms with Crippen molar-refractivity contribution in [3.63, 3.8) is 0 Å². The van der Waals surface area contributed by atoms with Gasteiger partial charge >= 0.3 is 0 Å². The summed E-state index contributed by atoms with van der Waals surface area (Å²) in [5.41, 5.74) is 3.74. The van der Waals surface area contributed by atoms with Crippen molar-refractivity contribution < 1.29 is 0 Å². The summed E-state index contributed by atoms with van der Waals surface area (Å²) in [7, 11) is 0. The number of benzene rings is 2. The van der Waals surface area contributed by atoms with E-state index >= 15 is 0 Å². The second-order valence-corrected chi connectivity index (χ2v) is 6.45. The molecule has 0 aromatic heterocycles. The Balaban J connectivity index is 1.49. The minimum atomic E-state index is 0.795. The number of rotatable bonds is 4. The topological polar surface area (TPSA) is 18.8 Å². The van der Waals surface area contributed by atoms with Gasteiger partial charge in [-0.2, -0.15) is 5.10 Å². The fourth-order valence-electron chi connectivity index (χ4n) is 2.76. The maximum atomic E-state index is 5.93. The SMILES string of the molecule is Cc1cccc(/C=N\N2CCN(Cc3ccc(Cl)cc3)CC2)c1. The van der Waals surface area contributed by atoms with Crippen LogP contribution in [0.5, 0.6) is 0 Å². The van der Waals surface area contributed by atoms with E-state index in [0.717, 1.165) is 43.3 Å². The first-order valence-electron chi connectivity index (χ1n) is 8.01. The molecule has 1 saturated heterocycles. The van der Waals surface area contributed by atoms with Crippen molar-refractivity contribution in [3.05, 3.63) is 70.2 Å². The highest BCUT2D eigenvalue weighted by Gasteiger charge is 2.15. The Bertz CT molecular complexity index is 659. The highest BCUT2D eigenvalue weighted by Crippen LogP contribution is 2.13.